The molecule has 458 valence electrons. The Morgan fingerprint density at radius 3 is 1.45 bits per heavy atom. The molecule has 0 saturated carbocycles. The Morgan fingerprint density at radius 1 is 0.571 bits per heavy atom. The standard InChI is InChI=1S/C39H51N15O26P4/c1-15-8-52(39(60)50-33(15)56)27-6-18(21(76-27)10-70-81(61,62)63)79-84(68,69)72-11-22-17(5-26(75-22)51-3-2-24(40)45-38(51)59)78-83(66,67)73-12-23-19(7-28(77-23)54-14-44-30-32(54)47-37(42)49-35(30)58)80-82(64,65)71-9-20-16(55)4-25(74-20)53-13-43-29-31(53)46-36(41)48-34(29)57/h2-3,8,13-14,16-23,25-28,55H,4-7,9-12H2,1H3,(H,64,65)(H,66,67)(H,68,69)(H2,40,45,59)(H,50,56,60)(H2,61,62,63)(H3,41,46,48,57)(H3,42,47,49,58)/t16-,17-,18-,19-,20+,21+,22+,23+,25+,26+,27+,28+/m0/s1. The van der Waals surface area contributed by atoms with Crippen molar-refractivity contribution < 1.29 is 98.4 Å². The first-order valence-corrected chi connectivity index (χ1v) is 30.6. The van der Waals surface area contributed by atoms with Crippen LogP contribution in [0.5, 0.6) is 0 Å². The van der Waals surface area contributed by atoms with Crippen molar-refractivity contribution in [2.45, 2.75) is 106 Å². The van der Waals surface area contributed by atoms with Crippen molar-refractivity contribution in [3.63, 3.8) is 0 Å². The summed E-state index contributed by atoms with van der Waals surface area (Å²) in [5, 5.41) is 10.9. The Balaban J connectivity index is 0.838. The maximum atomic E-state index is 14.0. The zero-order chi connectivity index (χ0) is 60.4. The number of phosphoric acid groups is 4. The molecule has 4 fully saturated rings. The molecule has 10 heterocycles. The number of nitrogens with two attached hydrogens (primary N) is 3. The molecule has 84 heavy (non-hydrogen) atoms. The lowest BCUT2D eigenvalue weighted by molar-refractivity contribution is -0.0628. The van der Waals surface area contributed by atoms with Gasteiger partial charge < -0.3 is 65.7 Å². The van der Waals surface area contributed by atoms with E-state index < -0.39 is 179 Å². The highest BCUT2D eigenvalue weighted by Gasteiger charge is 2.49. The Hall–Kier alpha value is -6.10. The number of nitrogen functional groups attached to an aromatic ring is 3. The fraction of sp³-hybridized carbons (Fsp3) is 0.538. The third-order valence-corrected chi connectivity index (χ3v) is 16.8. The molecule has 45 heteroatoms. The average Bonchev–Trinajstić information content (AvgIpc) is 2.13. The second kappa shape index (κ2) is 23.6. The van der Waals surface area contributed by atoms with E-state index in [1.54, 1.807) is 0 Å². The molecular weight excluding hydrogens is 1220 g/mol. The summed E-state index contributed by atoms with van der Waals surface area (Å²) in [5.41, 5.74) is 12.7. The Bertz CT molecular complexity index is 3980. The number of nitrogens with zero attached hydrogens (tertiary/aromatic N) is 9. The number of aliphatic hydroxyl groups excluding tert-OH is 1. The molecule has 6 aromatic rings. The molecule has 0 aromatic carbocycles. The number of hydrogen-bond donors (Lipinski definition) is 12. The summed E-state index contributed by atoms with van der Waals surface area (Å²) in [6.45, 7) is -2.43. The van der Waals surface area contributed by atoms with Crippen LogP contribution in [0.2, 0.25) is 0 Å². The molecule has 0 aliphatic carbocycles. The van der Waals surface area contributed by atoms with Gasteiger partial charge in [-0.3, -0.25) is 79.3 Å². The summed E-state index contributed by atoms with van der Waals surface area (Å²) in [5.74, 6) is -0.759. The number of aliphatic hydroxyl groups is 1. The minimum absolute atomic E-state index is 0.0172. The summed E-state index contributed by atoms with van der Waals surface area (Å²) in [6.07, 6.45) is -14.4. The lowest BCUT2D eigenvalue weighted by atomic mass is 10.2. The Labute approximate surface area is 465 Å². The third kappa shape index (κ3) is 13.8. The highest BCUT2D eigenvalue weighted by molar-refractivity contribution is 7.48. The van der Waals surface area contributed by atoms with E-state index in [4.69, 9.17) is 63.3 Å². The zero-order valence-corrected chi connectivity index (χ0v) is 46.4. The summed E-state index contributed by atoms with van der Waals surface area (Å²) >= 11 is 0. The molecule has 4 aliphatic rings. The van der Waals surface area contributed by atoms with E-state index in [0.29, 0.717) is 0 Å². The highest BCUT2D eigenvalue weighted by atomic mass is 31.2. The highest BCUT2D eigenvalue weighted by Crippen LogP contribution is 2.54. The van der Waals surface area contributed by atoms with E-state index in [-0.39, 0.29) is 52.0 Å². The SMILES string of the molecule is Cc1cn([C@H]2C[C@H](OP(=O)(O)OC[C@H]3O[C@@H](n4ccc(N)nc4=O)C[C@@H]3OP(=O)(O)OC[C@H]3O[C@@H](n4cnc5c(=O)[nH]c(N)nc54)C[C@@H]3OP(=O)(O)OC[C@H]3O[C@@H](n4cnc5c(=O)[nH]c(N)nc54)C[C@@H]3O)[C@@H](COP(=O)(O)O)O2)c(=O)[nH]c1=O. The van der Waals surface area contributed by atoms with E-state index >= 15 is 0 Å². The third-order valence-electron chi connectivity index (χ3n) is 13.3. The molecule has 4 saturated heterocycles. The fourth-order valence-corrected chi connectivity index (χ4v) is 12.7. The number of imidazole rings is 2. The van der Waals surface area contributed by atoms with E-state index in [2.05, 4.69) is 39.4 Å². The number of aryl methyl sites for hydroxylation is 1. The number of nitrogens with one attached hydrogen (secondary N) is 3. The van der Waals surface area contributed by atoms with Crippen LogP contribution in [-0.4, -0.2) is 163 Å². The van der Waals surface area contributed by atoms with Crippen molar-refractivity contribution in [3.8, 4) is 0 Å². The summed E-state index contributed by atoms with van der Waals surface area (Å²) in [7, 11) is -21.3. The van der Waals surface area contributed by atoms with Gasteiger partial charge in [0.15, 0.2) is 22.3 Å². The number of ether oxygens (including phenoxy) is 4. The number of aromatic nitrogens is 12. The fourth-order valence-electron chi connectivity index (χ4n) is 9.46. The normalized spacial score (nSPS) is 28.7. The van der Waals surface area contributed by atoms with Gasteiger partial charge in [0.2, 0.25) is 11.9 Å². The van der Waals surface area contributed by atoms with Crippen LogP contribution in [0.3, 0.4) is 0 Å². The van der Waals surface area contributed by atoms with Crippen molar-refractivity contribution >= 4 is 71.3 Å². The monoisotopic (exact) mass is 1270 g/mol. The van der Waals surface area contributed by atoms with E-state index in [1.165, 1.54) is 28.5 Å². The molecule has 0 radical (unpaired) electrons. The first-order chi connectivity index (χ1) is 39.5. The van der Waals surface area contributed by atoms with Crippen LogP contribution in [0.25, 0.3) is 22.3 Å². The van der Waals surface area contributed by atoms with Crippen LogP contribution >= 0.6 is 31.3 Å². The number of anilines is 3. The molecule has 3 unspecified atom stereocenters. The van der Waals surface area contributed by atoms with Gasteiger partial charge in [0.25, 0.3) is 16.7 Å². The molecule has 41 nitrogen and oxygen atoms in total. The van der Waals surface area contributed by atoms with E-state index in [0.717, 1.165) is 27.9 Å². The van der Waals surface area contributed by atoms with Crippen LogP contribution in [0, 0.1) is 6.92 Å². The van der Waals surface area contributed by atoms with E-state index in [9.17, 15) is 71.8 Å². The molecule has 0 spiro atoms. The van der Waals surface area contributed by atoms with Gasteiger partial charge in [-0.15, -0.1) is 0 Å². The van der Waals surface area contributed by atoms with Crippen molar-refractivity contribution in [2.75, 3.05) is 43.6 Å². The quantitative estimate of drug-likeness (QED) is 0.0306. The molecule has 0 amide bonds. The maximum absolute atomic E-state index is 14.0. The lowest BCUT2D eigenvalue weighted by Gasteiger charge is -2.25. The second-order valence-electron chi connectivity index (χ2n) is 19.1. The lowest BCUT2D eigenvalue weighted by Crippen LogP contribution is -2.33. The smallest absolute Gasteiger partial charge is 0.390 e. The van der Waals surface area contributed by atoms with E-state index in [1.807, 2.05) is 4.98 Å². The number of rotatable bonds is 22. The van der Waals surface area contributed by atoms with Crippen molar-refractivity contribution in [1.82, 2.24) is 58.1 Å². The molecule has 4 aliphatic heterocycles. The molecule has 0 bridgehead atoms. The Morgan fingerprint density at radius 2 is 0.988 bits per heavy atom. The summed E-state index contributed by atoms with van der Waals surface area (Å²) in [4.78, 5) is 141. The largest absolute Gasteiger partial charge is 0.472 e. The maximum Gasteiger partial charge on any atom is 0.472 e. The zero-order valence-electron chi connectivity index (χ0n) is 42.9. The van der Waals surface area contributed by atoms with Crippen molar-refractivity contribution in [1.29, 1.82) is 0 Å². The van der Waals surface area contributed by atoms with Crippen LogP contribution in [0.4, 0.5) is 17.7 Å². The van der Waals surface area contributed by atoms with Crippen LogP contribution in [0.1, 0.15) is 56.2 Å². The second-order valence-corrected chi connectivity index (χ2v) is 24.6. The average molecular weight is 1270 g/mol. The predicted molar refractivity (Wildman–Crippen MR) is 274 cm³/mol. The first-order valence-electron chi connectivity index (χ1n) is 24.6. The topological polar surface area (TPSA) is 586 Å². The summed E-state index contributed by atoms with van der Waals surface area (Å²) < 4.78 is 118. The van der Waals surface area contributed by atoms with Gasteiger partial charge in [-0.05, 0) is 13.0 Å². The summed E-state index contributed by atoms with van der Waals surface area (Å²) in [6, 6.07) is 1.21. The number of hydrogen-bond acceptors (Lipinski definition) is 29. The van der Waals surface area contributed by atoms with Gasteiger partial charge in [0.05, 0.1) is 45.2 Å². The molecule has 10 rings (SSSR count). The number of fused-ring (bicyclic) bond motifs is 2. The van der Waals surface area contributed by atoms with Crippen LogP contribution in [0.15, 0.2) is 55.1 Å². The molecular formula is C39H51N15O26P4. The minimum Gasteiger partial charge on any atom is -0.390 e. The predicted octanol–water partition coefficient (Wildman–Crippen LogP) is -2.76. The van der Waals surface area contributed by atoms with Gasteiger partial charge in [-0.1, -0.05) is 0 Å². The number of phosphoric ester groups is 4. The van der Waals surface area contributed by atoms with Crippen LogP contribution < -0.4 is 45.3 Å². The number of H-pyrrole nitrogens is 3. The van der Waals surface area contributed by atoms with Crippen molar-refractivity contribution in [3.05, 3.63) is 88.7 Å². The van der Waals surface area contributed by atoms with Gasteiger partial charge in [0, 0.05) is 43.6 Å². The van der Waals surface area contributed by atoms with Crippen molar-refractivity contribution in [2.24, 2.45) is 0 Å². The van der Waals surface area contributed by atoms with Gasteiger partial charge >= 0.3 is 42.7 Å². The molecule has 6 aromatic heterocycles. The van der Waals surface area contributed by atoms with Gasteiger partial charge in [-0.2, -0.15) is 15.0 Å². The van der Waals surface area contributed by atoms with Gasteiger partial charge in [-0.25, -0.2) is 37.8 Å². The number of aromatic amines is 3. The molecule has 15 N–H and O–H groups in total. The minimum atomic E-state index is -5.46. The van der Waals surface area contributed by atoms with Gasteiger partial charge in [0.1, 0.15) is 73.5 Å². The Kier molecular flexibility index (Phi) is 17.2. The molecule has 15 atom stereocenters. The van der Waals surface area contributed by atoms with Crippen LogP contribution in [-0.2, 0) is 68.9 Å². The first kappa shape index (κ1) is 61.0.